The maximum atomic E-state index is 12.5. The van der Waals surface area contributed by atoms with E-state index in [1.54, 1.807) is 19.1 Å². The van der Waals surface area contributed by atoms with Crippen molar-refractivity contribution in [3.8, 4) is 0 Å². The highest BCUT2D eigenvalue weighted by Gasteiger charge is 2.43. The minimum atomic E-state index is -3.60. The van der Waals surface area contributed by atoms with Gasteiger partial charge in [-0.1, -0.05) is 17.7 Å². The lowest BCUT2D eigenvalue weighted by Crippen LogP contribution is -2.53. The molecule has 4 nitrogen and oxygen atoms in total. The van der Waals surface area contributed by atoms with Gasteiger partial charge < -0.3 is 5.73 Å². The number of halogens is 1. The molecule has 1 unspecified atom stereocenters. The van der Waals surface area contributed by atoms with Crippen molar-refractivity contribution >= 4 is 21.6 Å². The minimum absolute atomic E-state index is 0.223. The van der Waals surface area contributed by atoms with Gasteiger partial charge in [-0.15, -0.1) is 0 Å². The molecule has 1 fully saturated rings. The highest BCUT2D eigenvalue weighted by Crippen LogP contribution is 2.40. The van der Waals surface area contributed by atoms with Crippen molar-refractivity contribution < 1.29 is 8.42 Å². The van der Waals surface area contributed by atoms with E-state index in [-0.39, 0.29) is 11.4 Å². The van der Waals surface area contributed by atoms with E-state index in [1.807, 2.05) is 6.92 Å². The van der Waals surface area contributed by atoms with Crippen LogP contribution in [0.25, 0.3) is 0 Å². The number of benzene rings is 1. The molecule has 19 heavy (non-hydrogen) atoms. The Morgan fingerprint density at radius 3 is 2.63 bits per heavy atom. The van der Waals surface area contributed by atoms with Crippen LogP contribution < -0.4 is 10.5 Å². The molecule has 0 spiro atoms. The second-order valence-electron chi connectivity index (χ2n) is 5.41. The zero-order valence-corrected chi connectivity index (χ0v) is 12.7. The van der Waals surface area contributed by atoms with Crippen LogP contribution in [0.1, 0.15) is 25.3 Å². The fourth-order valence-corrected chi connectivity index (χ4v) is 4.22. The summed E-state index contributed by atoms with van der Waals surface area (Å²) in [5.41, 5.74) is 5.85. The summed E-state index contributed by atoms with van der Waals surface area (Å²) < 4.78 is 27.7. The number of hydrogen-bond donors (Lipinski definition) is 2. The standard InChI is InChI=1S/C13H19ClN2O2S/c1-9-3-6-11(14)7-12(9)19(17,18)16-13(2,8-15)10-4-5-10/h3,6-7,10,16H,4-5,8,15H2,1-2H3. The van der Waals surface area contributed by atoms with E-state index in [1.165, 1.54) is 6.07 Å². The average molecular weight is 303 g/mol. The van der Waals surface area contributed by atoms with E-state index in [9.17, 15) is 8.42 Å². The molecule has 0 aliphatic heterocycles. The summed E-state index contributed by atoms with van der Waals surface area (Å²) in [6, 6.07) is 4.86. The topological polar surface area (TPSA) is 72.2 Å². The maximum absolute atomic E-state index is 12.5. The fraction of sp³-hybridized carbons (Fsp3) is 0.538. The van der Waals surface area contributed by atoms with Gasteiger partial charge >= 0.3 is 0 Å². The largest absolute Gasteiger partial charge is 0.329 e. The molecule has 3 N–H and O–H groups in total. The molecule has 0 aromatic heterocycles. The lowest BCUT2D eigenvalue weighted by molar-refractivity contribution is 0.374. The zero-order chi connectivity index (χ0) is 14.3. The van der Waals surface area contributed by atoms with E-state index in [0.717, 1.165) is 12.8 Å². The number of nitrogens with one attached hydrogen (secondary N) is 1. The zero-order valence-electron chi connectivity index (χ0n) is 11.1. The van der Waals surface area contributed by atoms with Crippen LogP contribution in [0, 0.1) is 12.8 Å². The lowest BCUT2D eigenvalue weighted by Gasteiger charge is -2.29. The van der Waals surface area contributed by atoms with Crippen molar-refractivity contribution in [1.29, 1.82) is 0 Å². The molecule has 1 aromatic rings. The van der Waals surface area contributed by atoms with Gasteiger partial charge in [-0.3, -0.25) is 0 Å². The normalized spacial score (nSPS) is 19.2. The smallest absolute Gasteiger partial charge is 0.241 e. The highest BCUT2D eigenvalue weighted by molar-refractivity contribution is 7.89. The monoisotopic (exact) mass is 302 g/mol. The van der Waals surface area contributed by atoms with Crippen molar-refractivity contribution in [1.82, 2.24) is 4.72 Å². The second-order valence-corrected chi connectivity index (χ2v) is 7.50. The van der Waals surface area contributed by atoms with Crippen LogP contribution in [-0.4, -0.2) is 20.5 Å². The number of nitrogens with two attached hydrogens (primary N) is 1. The maximum Gasteiger partial charge on any atom is 0.241 e. The van der Waals surface area contributed by atoms with Gasteiger partial charge in [0.15, 0.2) is 0 Å². The molecular weight excluding hydrogens is 284 g/mol. The average Bonchev–Trinajstić information content (AvgIpc) is 3.15. The van der Waals surface area contributed by atoms with Gasteiger partial charge in [-0.05, 0) is 50.3 Å². The van der Waals surface area contributed by atoms with Crippen LogP contribution in [0.5, 0.6) is 0 Å². The molecule has 6 heteroatoms. The Morgan fingerprint density at radius 2 is 2.11 bits per heavy atom. The van der Waals surface area contributed by atoms with Crippen LogP contribution in [-0.2, 0) is 10.0 Å². The molecular formula is C13H19ClN2O2S. The Labute approximate surface area is 119 Å². The molecule has 0 saturated heterocycles. The van der Waals surface area contributed by atoms with Crippen molar-refractivity contribution in [2.24, 2.45) is 11.7 Å². The molecule has 1 saturated carbocycles. The molecule has 1 aromatic carbocycles. The van der Waals surface area contributed by atoms with Crippen LogP contribution in [0.3, 0.4) is 0 Å². The molecule has 0 amide bonds. The van der Waals surface area contributed by atoms with E-state index in [4.69, 9.17) is 17.3 Å². The van der Waals surface area contributed by atoms with Crippen LogP contribution in [0.2, 0.25) is 5.02 Å². The van der Waals surface area contributed by atoms with Crippen molar-refractivity contribution in [3.63, 3.8) is 0 Å². The summed E-state index contributed by atoms with van der Waals surface area (Å²) in [4.78, 5) is 0.223. The van der Waals surface area contributed by atoms with Crippen molar-refractivity contribution in [2.75, 3.05) is 6.54 Å². The van der Waals surface area contributed by atoms with Gasteiger partial charge in [0.05, 0.1) is 4.90 Å². The first-order chi connectivity index (χ1) is 8.78. The first-order valence-corrected chi connectivity index (χ1v) is 8.15. The third-order valence-corrected chi connectivity index (χ3v) is 5.70. The predicted molar refractivity (Wildman–Crippen MR) is 76.7 cm³/mol. The molecule has 2 rings (SSSR count). The summed E-state index contributed by atoms with van der Waals surface area (Å²) in [6.07, 6.45) is 2.04. The molecule has 1 atom stereocenters. The predicted octanol–water partition coefficient (Wildman–Crippen LogP) is 2.05. The Kier molecular flexibility index (Phi) is 3.93. The van der Waals surface area contributed by atoms with Gasteiger partial charge in [0.25, 0.3) is 0 Å². The number of rotatable bonds is 5. The Morgan fingerprint density at radius 1 is 1.47 bits per heavy atom. The molecule has 1 aliphatic rings. The van der Waals surface area contributed by atoms with Gasteiger partial charge in [0.1, 0.15) is 0 Å². The summed E-state index contributed by atoms with van der Waals surface area (Å²) >= 11 is 5.89. The highest BCUT2D eigenvalue weighted by atomic mass is 35.5. The van der Waals surface area contributed by atoms with E-state index in [2.05, 4.69) is 4.72 Å². The third-order valence-electron chi connectivity index (χ3n) is 3.71. The molecule has 0 radical (unpaired) electrons. The number of sulfonamides is 1. The fourth-order valence-electron chi connectivity index (χ4n) is 2.24. The minimum Gasteiger partial charge on any atom is -0.329 e. The van der Waals surface area contributed by atoms with Gasteiger partial charge in [-0.25, -0.2) is 13.1 Å². The molecule has 106 valence electrons. The van der Waals surface area contributed by atoms with E-state index >= 15 is 0 Å². The number of hydrogen-bond acceptors (Lipinski definition) is 3. The first-order valence-electron chi connectivity index (χ1n) is 6.29. The molecule has 1 aliphatic carbocycles. The van der Waals surface area contributed by atoms with Crippen LogP contribution in [0.15, 0.2) is 23.1 Å². The number of aryl methyl sites for hydroxylation is 1. The van der Waals surface area contributed by atoms with Crippen molar-refractivity contribution in [3.05, 3.63) is 28.8 Å². The molecule has 0 bridgehead atoms. The summed E-state index contributed by atoms with van der Waals surface area (Å²) in [5.74, 6) is 0.326. The van der Waals surface area contributed by atoms with Gasteiger partial charge in [0.2, 0.25) is 10.0 Å². The third kappa shape index (κ3) is 3.11. The Bertz CT molecular complexity index is 584. The van der Waals surface area contributed by atoms with E-state index < -0.39 is 15.6 Å². The molecule has 0 heterocycles. The second kappa shape index (κ2) is 5.05. The van der Waals surface area contributed by atoms with Gasteiger partial charge in [-0.2, -0.15) is 0 Å². The van der Waals surface area contributed by atoms with Gasteiger partial charge in [0, 0.05) is 17.1 Å². The summed E-state index contributed by atoms with van der Waals surface area (Å²) in [6.45, 7) is 3.90. The Balaban J connectivity index is 2.34. The Hall–Kier alpha value is -0.620. The van der Waals surface area contributed by atoms with Crippen molar-refractivity contribution in [2.45, 2.75) is 37.1 Å². The first kappa shape index (κ1) is 14.8. The lowest BCUT2D eigenvalue weighted by atomic mass is 9.98. The SMILES string of the molecule is Cc1ccc(Cl)cc1S(=O)(=O)NC(C)(CN)C1CC1. The summed E-state index contributed by atoms with van der Waals surface area (Å²) in [7, 11) is -3.60. The quantitative estimate of drug-likeness (QED) is 0.874. The van der Waals surface area contributed by atoms with Crippen LogP contribution >= 0.6 is 11.6 Å². The van der Waals surface area contributed by atoms with Crippen LogP contribution in [0.4, 0.5) is 0 Å². The van der Waals surface area contributed by atoms with E-state index in [0.29, 0.717) is 16.5 Å². The summed E-state index contributed by atoms with van der Waals surface area (Å²) in [5, 5.41) is 0.409.